The summed E-state index contributed by atoms with van der Waals surface area (Å²) >= 11 is 0. The van der Waals surface area contributed by atoms with Gasteiger partial charge in [0.1, 0.15) is 6.04 Å². The van der Waals surface area contributed by atoms with Gasteiger partial charge in [-0.15, -0.1) is 0 Å². The highest BCUT2D eigenvalue weighted by atomic mass is 16.6. The Kier molecular flexibility index (Phi) is 5.53. The van der Waals surface area contributed by atoms with Crippen LogP contribution < -0.4 is 5.32 Å². The van der Waals surface area contributed by atoms with Crippen LogP contribution in [0.1, 0.15) is 6.42 Å². The van der Waals surface area contributed by atoms with Crippen LogP contribution in [0.3, 0.4) is 0 Å². The summed E-state index contributed by atoms with van der Waals surface area (Å²) in [7, 11) is 1.14. The third-order valence-electron chi connectivity index (χ3n) is 2.32. The van der Waals surface area contributed by atoms with Crippen molar-refractivity contribution in [1.29, 1.82) is 0 Å². The fourth-order valence-electron chi connectivity index (χ4n) is 1.35. The molecule has 18 heavy (non-hydrogen) atoms. The quantitative estimate of drug-likeness (QED) is 0.581. The summed E-state index contributed by atoms with van der Waals surface area (Å²) < 4.78 is 14.5. The van der Waals surface area contributed by atoms with Gasteiger partial charge in [0, 0.05) is 0 Å². The van der Waals surface area contributed by atoms with Gasteiger partial charge in [0.15, 0.2) is 6.10 Å². The third-order valence-corrected chi connectivity index (χ3v) is 2.32. The maximum Gasteiger partial charge on any atom is 0.326 e. The van der Waals surface area contributed by atoms with E-state index in [1.165, 1.54) is 0 Å². The average Bonchev–Trinajstić information content (AvgIpc) is 2.38. The number of nitrogens with one attached hydrogen (secondary N) is 1. The minimum atomic E-state index is -1.34. The van der Waals surface area contributed by atoms with E-state index in [2.05, 4.69) is 10.1 Å². The summed E-state index contributed by atoms with van der Waals surface area (Å²) in [4.78, 5) is 33.5. The summed E-state index contributed by atoms with van der Waals surface area (Å²) in [5, 5.41) is 11.1. The molecule has 1 fully saturated rings. The molecule has 1 aliphatic heterocycles. The van der Waals surface area contributed by atoms with Crippen LogP contribution in [0.4, 0.5) is 0 Å². The molecule has 1 unspecified atom stereocenters. The van der Waals surface area contributed by atoms with Crippen LogP contribution in [-0.4, -0.2) is 62.0 Å². The number of carboxylic acids is 1. The number of rotatable bonds is 5. The minimum Gasteiger partial charge on any atom is -0.480 e. The molecule has 0 aromatic rings. The Labute approximate surface area is 103 Å². The van der Waals surface area contributed by atoms with E-state index in [0.29, 0.717) is 6.61 Å². The van der Waals surface area contributed by atoms with Crippen molar-refractivity contribution in [2.45, 2.75) is 18.6 Å². The Morgan fingerprint density at radius 1 is 1.44 bits per heavy atom. The normalized spacial score (nSPS) is 20.8. The number of carbonyl (C=O) groups is 3. The molecular formula is C10H15NO7. The van der Waals surface area contributed by atoms with E-state index < -0.39 is 36.4 Å². The fraction of sp³-hybridized carbons (Fsp3) is 0.700. The number of carboxylic acid groups (broad SMARTS) is 1. The number of methoxy groups -OCH3 is 1. The zero-order valence-electron chi connectivity index (χ0n) is 9.88. The molecular weight excluding hydrogens is 246 g/mol. The van der Waals surface area contributed by atoms with Crippen LogP contribution in [0, 0.1) is 0 Å². The first-order valence-corrected chi connectivity index (χ1v) is 5.34. The van der Waals surface area contributed by atoms with Crippen molar-refractivity contribution in [2.24, 2.45) is 0 Å². The average molecular weight is 261 g/mol. The molecule has 0 spiro atoms. The molecule has 0 radical (unpaired) electrons. The zero-order chi connectivity index (χ0) is 13.5. The largest absolute Gasteiger partial charge is 0.480 e. The Morgan fingerprint density at radius 2 is 2.17 bits per heavy atom. The molecule has 0 saturated carbocycles. The van der Waals surface area contributed by atoms with Crippen LogP contribution in [0.15, 0.2) is 0 Å². The molecule has 1 rings (SSSR count). The number of aliphatic carboxylic acids is 1. The van der Waals surface area contributed by atoms with Gasteiger partial charge in [-0.25, -0.2) is 4.79 Å². The van der Waals surface area contributed by atoms with E-state index in [9.17, 15) is 14.4 Å². The van der Waals surface area contributed by atoms with Crippen molar-refractivity contribution >= 4 is 17.8 Å². The molecule has 0 aromatic heterocycles. The minimum absolute atomic E-state index is 0.0659. The van der Waals surface area contributed by atoms with Crippen LogP contribution in [0.2, 0.25) is 0 Å². The number of ether oxygens (including phenoxy) is 3. The van der Waals surface area contributed by atoms with Gasteiger partial charge < -0.3 is 24.6 Å². The van der Waals surface area contributed by atoms with E-state index >= 15 is 0 Å². The van der Waals surface area contributed by atoms with E-state index in [4.69, 9.17) is 14.6 Å². The monoisotopic (exact) mass is 261 g/mol. The number of hydrogen-bond acceptors (Lipinski definition) is 6. The zero-order valence-corrected chi connectivity index (χ0v) is 9.88. The Hall–Kier alpha value is -1.67. The summed E-state index contributed by atoms with van der Waals surface area (Å²) in [6.45, 7) is 0.734. The van der Waals surface area contributed by atoms with Gasteiger partial charge in [-0.1, -0.05) is 0 Å². The maximum atomic E-state index is 11.7. The number of hydrogen-bond donors (Lipinski definition) is 2. The Bertz CT molecular complexity index is 324. The van der Waals surface area contributed by atoms with Crippen LogP contribution >= 0.6 is 0 Å². The smallest absolute Gasteiger partial charge is 0.326 e. The molecule has 2 atom stereocenters. The number of carbonyl (C=O) groups excluding carboxylic acids is 2. The van der Waals surface area contributed by atoms with E-state index in [-0.39, 0.29) is 13.2 Å². The van der Waals surface area contributed by atoms with Gasteiger partial charge in [0.05, 0.1) is 33.4 Å². The van der Waals surface area contributed by atoms with Crippen molar-refractivity contribution in [3.05, 3.63) is 0 Å². The SMILES string of the molecule is COC(=O)C[C@H](NC(=O)C1COCCO1)C(=O)O. The molecule has 2 N–H and O–H groups in total. The molecule has 1 saturated heterocycles. The van der Waals surface area contributed by atoms with Crippen molar-refractivity contribution in [3.8, 4) is 0 Å². The summed E-state index contributed by atoms with van der Waals surface area (Å²) in [6.07, 6.45) is -1.29. The maximum absolute atomic E-state index is 11.7. The van der Waals surface area contributed by atoms with Gasteiger partial charge in [0.2, 0.25) is 0 Å². The van der Waals surface area contributed by atoms with Gasteiger partial charge in [-0.05, 0) is 0 Å². The lowest BCUT2D eigenvalue weighted by molar-refractivity contribution is -0.154. The van der Waals surface area contributed by atoms with Crippen molar-refractivity contribution in [2.75, 3.05) is 26.9 Å². The van der Waals surface area contributed by atoms with Crippen molar-refractivity contribution in [1.82, 2.24) is 5.32 Å². The van der Waals surface area contributed by atoms with E-state index in [1.807, 2.05) is 0 Å². The lowest BCUT2D eigenvalue weighted by Gasteiger charge is -2.23. The summed E-state index contributed by atoms with van der Waals surface area (Å²) in [6, 6.07) is -1.34. The van der Waals surface area contributed by atoms with Gasteiger partial charge in [0.25, 0.3) is 5.91 Å². The third kappa shape index (κ3) is 4.30. The summed E-state index contributed by atoms with van der Waals surface area (Å²) in [5.74, 6) is -2.65. The first-order chi connectivity index (χ1) is 8.54. The Morgan fingerprint density at radius 3 is 2.67 bits per heavy atom. The number of esters is 1. The van der Waals surface area contributed by atoms with Crippen LogP contribution in [-0.2, 0) is 28.6 Å². The van der Waals surface area contributed by atoms with E-state index in [0.717, 1.165) is 7.11 Å². The molecule has 1 aliphatic rings. The highest BCUT2D eigenvalue weighted by Crippen LogP contribution is 2.03. The first-order valence-electron chi connectivity index (χ1n) is 5.34. The molecule has 0 bridgehead atoms. The predicted octanol–water partition coefficient (Wildman–Crippen LogP) is -1.47. The van der Waals surface area contributed by atoms with Gasteiger partial charge in [-0.2, -0.15) is 0 Å². The van der Waals surface area contributed by atoms with Crippen LogP contribution in [0.5, 0.6) is 0 Å². The number of amides is 1. The second-order valence-electron chi connectivity index (χ2n) is 3.61. The first kappa shape index (κ1) is 14.4. The molecule has 1 heterocycles. The fourth-order valence-corrected chi connectivity index (χ4v) is 1.35. The predicted molar refractivity (Wildman–Crippen MR) is 56.8 cm³/mol. The second-order valence-corrected chi connectivity index (χ2v) is 3.61. The molecule has 102 valence electrons. The molecule has 0 aromatic carbocycles. The van der Waals surface area contributed by atoms with Gasteiger partial charge in [-0.3, -0.25) is 9.59 Å². The van der Waals surface area contributed by atoms with Crippen LogP contribution in [0.25, 0.3) is 0 Å². The molecule has 8 heteroatoms. The van der Waals surface area contributed by atoms with E-state index in [1.54, 1.807) is 0 Å². The van der Waals surface area contributed by atoms with Crippen molar-refractivity contribution in [3.63, 3.8) is 0 Å². The topological polar surface area (TPSA) is 111 Å². The van der Waals surface area contributed by atoms with Crippen molar-refractivity contribution < 1.29 is 33.7 Å². The Balaban J connectivity index is 2.51. The molecule has 1 amide bonds. The molecule has 0 aliphatic carbocycles. The standard InChI is InChI=1S/C10H15NO7/c1-16-8(12)4-6(10(14)15)11-9(13)7-5-17-2-3-18-7/h6-7H,2-5H2,1H3,(H,11,13)(H,14,15)/t6-,7?/m0/s1. The lowest BCUT2D eigenvalue weighted by atomic mass is 10.2. The highest BCUT2D eigenvalue weighted by molar-refractivity contribution is 5.89. The lowest BCUT2D eigenvalue weighted by Crippen LogP contribution is -2.49. The summed E-state index contributed by atoms with van der Waals surface area (Å²) in [5.41, 5.74) is 0. The molecule has 8 nitrogen and oxygen atoms in total. The second kappa shape index (κ2) is 6.92. The van der Waals surface area contributed by atoms with Gasteiger partial charge >= 0.3 is 11.9 Å². The highest BCUT2D eigenvalue weighted by Gasteiger charge is 2.29.